The van der Waals surface area contributed by atoms with Gasteiger partial charge in [-0.1, -0.05) is 30.3 Å². The van der Waals surface area contributed by atoms with Crippen LogP contribution in [-0.4, -0.2) is 53.2 Å². The van der Waals surface area contributed by atoms with Gasteiger partial charge < -0.3 is 24.8 Å². The smallest absolute Gasteiger partial charge is 0.349 e. The molecule has 2 aromatic rings. The van der Waals surface area contributed by atoms with Gasteiger partial charge in [-0.3, -0.25) is 9.59 Å². The first-order valence-electron chi connectivity index (χ1n) is 10.3. The molecule has 168 valence electrons. The molecule has 8 heteroatoms. The minimum absolute atomic E-state index is 0.0481. The maximum absolute atomic E-state index is 13.0. The van der Waals surface area contributed by atoms with Crippen LogP contribution in [0.1, 0.15) is 52.9 Å². The van der Waals surface area contributed by atoms with Crippen LogP contribution in [0.5, 0.6) is 0 Å². The Morgan fingerprint density at radius 2 is 1.94 bits per heavy atom. The van der Waals surface area contributed by atoms with E-state index in [9.17, 15) is 14.7 Å². The van der Waals surface area contributed by atoms with Crippen LogP contribution in [0, 0.1) is 6.92 Å². The lowest BCUT2D eigenvalue weighted by atomic mass is 9.95. The molecule has 1 aromatic heterocycles. The van der Waals surface area contributed by atoms with E-state index in [4.69, 9.17) is 14.3 Å². The number of carbonyl (C=O) groups is 2. The van der Waals surface area contributed by atoms with Crippen LogP contribution in [0.3, 0.4) is 0 Å². The van der Waals surface area contributed by atoms with Crippen LogP contribution >= 0.6 is 0 Å². The molecule has 1 aliphatic heterocycles. The predicted molar refractivity (Wildman–Crippen MR) is 116 cm³/mol. The van der Waals surface area contributed by atoms with Crippen molar-refractivity contribution in [3.05, 3.63) is 69.3 Å². The highest BCUT2D eigenvalue weighted by Crippen LogP contribution is 2.24. The highest BCUT2D eigenvalue weighted by molar-refractivity contribution is 5.95. The molecule has 1 saturated heterocycles. The number of hydrogen-bond donors (Lipinski definition) is 3. The molecule has 1 amide bonds. The number of hydrogen-bond acceptors (Lipinski definition) is 6. The molecule has 1 aliphatic rings. The van der Waals surface area contributed by atoms with Crippen molar-refractivity contribution in [2.24, 2.45) is 0 Å². The fourth-order valence-electron chi connectivity index (χ4n) is 3.52. The number of nitrogens with one attached hydrogen (secondary N) is 1. The molecule has 31 heavy (non-hydrogen) atoms. The number of amides is 1. The summed E-state index contributed by atoms with van der Waals surface area (Å²) < 4.78 is 5.52. The third kappa shape index (κ3) is 7.34. The summed E-state index contributed by atoms with van der Waals surface area (Å²) in [4.78, 5) is 36.1. The predicted octanol–water partition coefficient (Wildman–Crippen LogP) is 2.14. The molecule has 2 heterocycles. The second-order valence-corrected chi connectivity index (χ2v) is 7.49. The highest BCUT2D eigenvalue weighted by Gasteiger charge is 2.25. The number of aliphatic hydroxyl groups is 1. The number of aryl methyl sites for hydroxylation is 1. The fourth-order valence-corrected chi connectivity index (χ4v) is 3.52. The van der Waals surface area contributed by atoms with E-state index >= 15 is 0 Å². The van der Waals surface area contributed by atoms with Crippen LogP contribution < -0.4 is 10.9 Å². The van der Waals surface area contributed by atoms with Gasteiger partial charge in [-0.15, -0.1) is 0 Å². The second kappa shape index (κ2) is 12.0. The lowest BCUT2D eigenvalue weighted by Crippen LogP contribution is -2.37. The van der Waals surface area contributed by atoms with E-state index in [2.05, 4.69) is 5.32 Å². The Balaban J connectivity index is 0.000000785. The first-order chi connectivity index (χ1) is 14.8. The number of carboxylic acids is 1. The average molecular weight is 431 g/mol. The maximum Gasteiger partial charge on any atom is 0.349 e. The topological polar surface area (TPSA) is 120 Å². The number of rotatable bonds is 6. The van der Waals surface area contributed by atoms with E-state index in [0.717, 1.165) is 38.4 Å². The van der Waals surface area contributed by atoms with Crippen molar-refractivity contribution in [3.63, 3.8) is 0 Å². The van der Waals surface area contributed by atoms with Crippen LogP contribution in [0.2, 0.25) is 0 Å². The second-order valence-electron chi connectivity index (χ2n) is 7.49. The third-order valence-electron chi connectivity index (χ3n) is 4.95. The summed E-state index contributed by atoms with van der Waals surface area (Å²) in [5.41, 5.74) is 1.00. The number of carboxylic acid groups (broad SMARTS) is 1. The summed E-state index contributed by atoms with van der Waals surface area (Å²) >= 11 is 0. The Morgan fingerprint density at radius 1 is 1.26 bits per heavy atom. The molecule has 1 unspecified atom stereocenters. The van der Waals surface area contributed by atoms with Gasteiger partial charge in [0.15, 0.2) is 0 Å². The molecule has 0 spiro atoms. The van der Waals surface area contributed by atoms with Crippen molar-refractivity contribution in [3.8, 4) is 0 Å². The monoisotopic (exact) mass is 430 g/mol. The Kier molecular flexibility index (Phi) is 9.42. The zero-order valence-corrected chi connectivity index (χ0v) is 18.0. The molecular weight excluding hydrogens is 400 g/mol. The van der Waals surface area contributed by atoms with E-state index in [1.54, 1.807) is 6.92 Å². The lowest BCUT2D eigenvalue weighted by Gasteiger charge is -2.24. The van der Waals surface area contributed by atoms with Gasteiger partial charge in [0.25, 0.3) is 11.9 Å². The van der Waals surface area contributed by atoms with Gasteiger partial charge in [0.05, 0.1) is 6.61 Å². The zero-order chi connectivity index (χ0) is 22.8. The summed E-state index contributed by atoms with van der Waals surface area (Å²) in [5, 5.41) is 20.1. The molecule has 0 bridgehead atoms. The standard InChI is InChI=1S/C21H26N2O4.C2H4O2/c1-15-12-18(17-8-5-9-22-13-17)27-21(26)19(15)20(25)23(10-11-24)14-16-6-3-2-4-7-16;1-2(3)4/h2-4,6-7,12,17,22,24H,5,8-11,13-14H2,1H3;1H3,(H,3,4). The molecule has 0 aliphatic carbocycles. The van der Waals surface area contributed by atoms with Crippen molar-refractivity contribution in [1.29, 1.82) is 0 Å². The quantitative estimate of drug-likeness (QED) is 0.642. The van der Waals surface area contributed by atoms with Gasteiger partial charge in [0.1, 0.15) is 11.3 Å². The van der Waals surface area contributed by atoms with Crippen molar-refractivity contribution in [2.45, 2.75) is 39.2 Å². The number of carbonyl (C=O) groups excluding carboxylic acids is 1. The zero-order valence-electron chi connectivity index (χ0n) is 18.0. The highest BCUT2D eigenvalue weighted by atomic mass is 16.4. The van der Waals surface area contributed by atoms with E-state index in [1.807, 2.05) is 36.4 Å². The first-order valence-corrected chi connectivity index (χ1v) is 10.3. The van der Waals surface area contributed by atoms with Crippen LogP contribution in [-0.2, 0) is 11.3 Å². The first kappa shape index (κ1) is 24.3. The minimum atomic E-state index is -0.833. The SMILES string of the molecule is CC(=O)O.Cc1cc(C2CCCNC2)oc(=O)c1C(=O)N(CCO)Cc1ccccc1. The van der Waals surface area contributed by atoms with Crippen molar-refractivity contribution in [1.82, 2.24) is 10.2 Å². The normalized spacial score (nSPS) is 15.5. The fraction of sp³-hybridized carbons (Fsp3) is 0.435. The lowest BCUT2D eigenvalue weighted by molar-refractivity contribution is -0.134. The van der Waals surface area contributed by atoms with Gasteiger partial charge >= 0.3 is 5.63 Å². The minimum Gasteiger partial charge on any atom is -0.481 e. The Morgan fingerprint density at radius 3 is 2.48 bits per heavy atom. The number of benzene rings is 1. The Labute approximate surface area is 181 Å². The molecule has 0 radical (unpaired) electrons. The van der Waals surface area contributed by atoms with E-state index < -0.39 is 17.5 Å². The molecule has 1 atom stereocenters. The van der Waals surface area contributed by atoms with Gasteiger partial charge in [0.2, 0.25) is 0 Å². The molecule has 0 saturated carbocycles. The summed E-state index contributed by atoms with van der Waals surface area (Å²) in [6, 6.07) is 11.3. The number of piperidine rings is 1. The third-order valence-corrected chi connectivity index (χ3v) is 4.95. The van der Waals surface area contributed by atoms with Crippen LogP contribution in [0.25, 0.3) is 0 Å². The van der Waals surface area contributed by atoms with Gasteiger partial charge in [-0.2, -0.15) is 0 Å². The van der Waals surface area contributed by atoms with E-state index in [0.29, 0.717) is 17.9 Å². The molecule has 3 N–H and O–H groups in total. The largest absolute Gasteiger partial charge is 0.481 e. The van der Waals surface area contributed by atoms with Gasteiger partial charge in [-0.25, -0.2) is 4.79 Å². The summed E-state index contributed by atoms with van der Waals surface area (Å²) in [6.07, 6.45) is 2.00. The number of aliphatic carboxylic acids is 1. The molecule has 1 fully saturated rings. The maximum atomic E-state index is 13.0. The van der Waals surface area contributed by atoms with Crippen molar-refractivity contribution >= 4 is 11.9 Å². The number of aliphatic hydroxyl groups excluding tert-OH is 1. The van der Waals surface area contributed by atoms with E-state index in [-0.39, 0.29) is 24.6 Å². The molecule has 1 aromatic carbocycles. The van der Waals surface area contributed by atoms with Gasteiger partial charge in [-0.05, 0) is 43.5 Å². The molecular formula is C23H30N2O6. The van der Waals surface area contributed by atoms with E-state index in [1.165, 1.54) is 4.90 Å². The van der Waals surface area contributed by atoms with Crippen molar-refractivity contribution in [2.75, 3.05) is 26.2 Å². The Bertz CT molecular complexity index is 915. The number of nitrogens with zero attached hydrogens (tertiary/aromatic N) is 1. The Hall–Kier alpha value is -2.97. The van der Waals surface area contributed by atoms with Crippen LogP contribution in [0.4, 0.5) is 0 Å². The average Bonchev–Trinajstić information content (AvgIpc) is 2.74. The summed E-state index contributed by atoms with van der Waals surface area (Å²) in [7, 11) is 0. The van der Waals surface area contributed by atoms with Crippen molar-refractivity contribution < 1.29 is 24.2 Å². The summed E-state index contributed by atoms with van der Waals surface area (Å²) in [6.45, 7) is 4.92. The molecule has 8 nitrogen and oxygen atoms in total. The molecule has 3 rings (SSSR count). The van der Waals surface area contributed by atoms with Crippen LogP contribution in [0.15, 0.2) is 45.6 Å². The van der Waals surface area contributed by atoms with Gasteiger partial charge in [0, 0.05) is 32.5 Å². The summed E-state index contributed by atoms with van der Waals surface area (Å²) in [5.74, 6) is -0.447.